The number of hydrogen-bond acceptors (Lipinski definition) is 3. The molecule has 0 atom stereocenters. The van der Waals surface area contributed by atoms with Crippen LogP contribution in [0.25, 0.3) is 0 Å². The van der Waals surface area contributed by atoms with Gasteiger partial charge in [-0.1, -0.05) is 12.1 Å². The van der Waals surface area contributed by atoms with E-state index in [1.807, 2.05) is 6.07 Å². The van der Waals surface area contributed by atoms with Crippen LogP contribution in [0.15, 0.2) is 41.0 Å². The summed E-state index contributed by atoms with van der Waals surface area (Å²) >= 11 is 0. The molecule has 0 aliphatic heterocycles. The number of carbonyl (C=O) groups is 1. The van der Waals surface area contributed by atoms with Crippen LogP contribution in [0.4, 0.5) is 4.39 Å². The lowest BCUT2D eigenvalue weighted by Crippen LogP contribution is -2.32. The lowest BCUT2D eigenvalue weighted by molar-refractivity contribution is 0.0729. The number of rotatable bonds is 5. The van der Waals surface area contributed by atoms with Crippen molar-refractivity contribution >= 4 is 5.91 Å². The van der Waals surface area contributed by atoms with Crippen LogP contribution in [0.1, 0.15) is 34.5 Å². The lowest BCUT2D eigenvalue weighted by Gasteiger charge is -2.22. The van der Waals surface area contributed by atoms with Crippen LogP contribution in [0.3, 0.4) is 0 Å². The van der Waals surface area contributed by atoms with Gasteiger partial charge in [0.15, 0.2) is 0 Å². The van der Waals surface area contributed by atoms with Crippen LogP contribution < -0.4 is 5.73 Å². The van der Waals surface area contributed by atoms with Crippen molar-refractivity contribution in [2.24, 2.45) is 5.73 Å². The van der Waals surface area contributed by atoms with E-state index in [2.05, 4.69) is 0 Å². The molecular weight excluding hydrogens is 271 g/mol. The highest BCUT2D eigenvalue weighted by Crippen LogP contribution is 2.30. The highest BCUT2D eigenvalue weighted by molar-refractivity contribution is 5.94. The molecule has 0 unspecified atom stereocenters. The largest absolute Gasteiger partial charge is 0.467 e. The second kappa shape index (κ2) is 5.69. The molecule has 1 aromatic carbocycles. The summed E-state index contributed by atoms with van der Waals surface area (Å²) in [6.07, 6.45) is 3.41. The Kier molecular flexibility index (Phi) is 3.75. The fourth-order valence-corrected chi connectivity index (χ4v) is 2.35. The van der Waals surface area contributed by atoms with Crippen molar-refractivity contribution in [3.63, 3.8) is 0 Å². The first-order chi connectivity index (χ1) is 10.2. The summed E-state index contributed by atoms with van der Waals surface area (Å²) in [5, 5.41) is 0. The van der Waals surface area contributed by atoms with E-state index in [0.717, 1.165) is 18.4 Å². The van der Waals surface area contributed by atoms with E-state index in [4.69, 9.17) is 10.2 Å². The molecule has 1 fully saturated rings. The fraction of sp³-hybridized carbons (Fsp3) is 0.312. The number of carbonyl (C=O) groups excluding carboxylic acids is 1. The van der Waals surface area contributed by atoms with E-state index in [0.29, 0.717) is 17.9 Å². The maximum atomic E-state index is 13.3. The summed E-state index contributed by atoms with van der Waals surface area (Å²) in [7, 11) is 0. The van der Waals surface area contributed by atoms with E-state index in [1.165, 1.54) is 18.4 Å². The Bertz CT molecular complexity index is 649. The van der Waals surface area contributed by atoms with E-state index in [-0.39, 0.29) is 24.3 Å². The molecule has 1 aliphatic carbocycles. The third kappa shape index (κ3) is 3.13. The number of benzene rings is 1. The molecule has 2 N–H and O–H groups in total. The van der Waals surface area contributed by atoms with Gasteiger partial charge < -0.3 is 15.1 Å². The first-order valence-corrected chi connectivity index (χ1v) is 7.00. The molecule has 4 nitrogen and oxygen atoms in total. The highest BCUT2D eigenvalue weighted by atomic mass is 19.1. The van der Waals surface area contributed by atoms with Crippen molar-refractivity contribution in [3.8, 4) is 0 Å². The first-order valence-electron chi connectivity index (χ1n) is 7.00. The lowest BCUT2D eigenvalue weighted by atomic mass is 10.2. The van der Waals surface area contributed by atoms with Gasteiger partial charge in [0.05, 0.1) is 12.1 Å². The van der Waals surface area contributed by atoms with Crippen molar-refractivity contribution in [2.45, 2.75) is 32.0 Å². The van der Waals surface area contributed by atoms with Crippen LogP contribution in [0, 0.1) is 5.82 Å². The Hall–Kier alpha value is -2.14. The summed E-state index contributed by atoms with van der Waals surface area (Å²) in [4.78, 5) is 14.4. The molecule has 1 amide bonds. The Labute approximate surface area is 122 Å². The molecule has 1 saturated carbocycles. The van der Waals surface area contributed by atoms with Gasteiger partial charge in [-0.05, 0) is 36.6 Å². The monoisotopic (exact) mass is 288 g/mol. The first kappa shape index (κ1) is 13.8. The zero-order valence-corrected chi connectivity index (χ0v) is 11.6. The standard InChI is InChI=1S/C16H17FN2O2/c17-13-3-1-2-11(6-13)9-19(14-4-5-14)16(20)12-7-15(8-18)21-10-12/h1-3,6-7,10,14H,4-5,8-9,18H2. The van der Waals surface area contributed by atoms with Gasteiger partial charge in [0.1, 0.15) is 17.8 Å². The van der Waals surface area contributed by atoms with Gasteiger partial charge in [-0.3, -0.25) is 4.79 Å². The van der Waals surface area contributed by atoms with Crippen molar-refractivity contribution in [1.29, 1.82) is 0 Å². The molecule has 0 radical (unpaired) electrons. The van der Waals surface area contributed by atoms with E-state index in [1.54, 1.807) is 17.0 Å². The van der Waals surface area contributed by atoms with E-state index >= 15 is 0 Å². The van der Waals surface area contributed by atoms with Crippen LogP contribution in [0.5, 0.6) is 0 Å². The fourth-order valence-electron chi connectivity index (χ4n) is 2.35. The number of furan rings is 1. The number of amides is 1. The van der Waals surface area contributed by atoms with E-state index in [9.17, 15) is 9.18 Å². The van der Waals surface area contributed by atoms with Gasteiger partial charge in [-0.2, -0.15) is 0 Å². The molecule has 1 aliphatic rings. The summed E-state index contributed by atoms with van der Waals surface area (Å²) in [5.74, 6) is 0.203. The van der Waals surface area contributed by atoms with Crippen molar-refractivity contribution in [3.05, 3.63) is 59.3 Å². The van der Waals surface area contributed by atoms with Gasteiger partial charge in [0.25, 0.3) is 5.91 Å². The maximum Gasteiger partial charge on any atom is 0.257 e. The minimum atomic E-state index is -0.288. The quantitative estimate of drug-likeness (QED) is 0.920. The summed E-state index contributed by atoms with van der Waals surface area (Å²) < 4.78 is 18.5. The third-order valence-electron chi connectivity index (χ3n) is 3.59. The minimum absolute atomic E-state index is 0.0924. The van der Waals surface area contributed by atoms with Gasteiger partial charge in [0, 0.05) is 12.6 Å². The summed E-state index contributed by atoms with van der Waals surface area (Å²) in [6, 6.07) is 8.25. The minimum Gasteiger partial charge on any atom is -0.467 e. The van der Waals surface area contributed by atoms with Crippen molar-refractivity contribution in [1.82, 2.24) is 4.90 Å². The SMILES string of the molecule is NCc1cc(C(=O)N(Cc2cccc(F)c2)C2CC2)co1. The van der Waals surface area contributed by atoms with Gasteiger partial charge in [0.2, 0.25) is 0 Å². The third-order valence-corrected chi connectivity index (χ3v) is 3.59. The Balaban J connectivity index is 1.79. The normalized spacial score (nSPS) is 14.2. The second-order valence-electron chi connectivity index (χ2n) is 5.30. The van der Waals surface area contributed by atoms with Crippen LogP contribution in [-0.4, -0.2) is 16.8 Å². The Morgan fingerprint density at radius 3 is 2.81 bits per heavy atom. The molecule has 0 spiro atoms. The highest BCUT2D eigenvalue weighted by Gasteiger charge is 2.33. The van der Waals surface area contributed by atoms with Crippen molar-refractivity contribution < 1.29 is 13.6 Å². The van der Waals surface area contributed by atoms with Gasteiger partial charge in [-0.15, -0.1) is 0 Å². The van der Waals surface area contributed by atoms with Gasteiger partial charge in [-0.25, -0.2) is 4.39 Å². The average molecular weight is 288 g/mol. The van der Waals surface area contributed by atoms with Crippen LogP contribution in [0.2, 0.25) is 0 Å². The topological polar surface area (TPSA) is 59.5 Å². The zero-order chi connectivity index (χ0) is 14.8. The molecule has 0 saturated heterocycles. The van der Waals surface area contributed by atoms with Crippen molar-refractivity contribution in [2.75, 3.05) is 0 Å². The zero-order valence-electron chi connectivity index (χ0n) is 11.6. The molecular formula is C16H17FN2O2. The molecule has 110 valence electrons. The Morgan fingerprint density at radius 2 is 2.19 bits per heavy atom. The summed E-state index contributed by atoms with van der Waals surface area (Å²) in [5.41, 5.74) is 6.78. The number of halogens is 1. The molecule has 1 aromatic heterocycles. The van der Waals surface area contributed by atoms with Gasteiger partial charge >= 0.3 is 0 Å². The molecule has 2 aromatic rings. The average Bonchev–Trinajstić information content (AvgIpc) is 3.20. The molecule has 1 heterocycles. The van der Waals surface area contributed by atoms with Crippen LogP contribution >= 0.6 is 0 Å². The number of hydrogen-bond donors (Lipinski definition) is 1. The number of nitrogens with two attached hydrogens (primary N) is 1. The predicted molar refractivity (Wildman–Crippen MR) is 75.9 cm³/mol. The number of nitrogens with zero attached hydrogens (tertiary/aromatic N) is 1. The predicted octanol–water partition coefficient (Wildman–Crippen LogP) is 2.68. The molecule has 21 heavy (non-hydrogen) atoms. The smallest absolute Gasteiger partial charge is 0.257 e. The maximum absolute atomic E-state index is 13.3. The van der Waals surface area contributed by atoms with E-state index < -0.39 is 0 Å². The Morgan fingerprint density at radius 1 is 1.38 bits per heavy atom. The molecule has 0 bridgehead atoms. The second-order valence-corrected chi connectivity index (χ2v) is 5.30. The van der Waals surface area contributed by atoms with Crippen LogP contribution in [-0.2, 0) is 13.1 Å². The molecule has 3 rings (SSSR count). The molecule has 5 heteroatoms. The summed E-state index contributed by atoms with van der Waals surface area (Å²) in [6.45, 7) is 0.672.